The highest BCUT2D eigenvalue weighted by Crippen LogP contribution is 2.33. The van der Waals surface area contributed by atoms with E-state index in [2.05, 4.69) is 30.4 Å². The van der Waals surface area contributed by atoms with E-state index in [-0.39, 0.29) is 5.91 Å². The van der Waals surface area contributed by atoms with Crippen molar-refractivity contribution in [2.75, 3.05) is 16.8 Å². The van der Waals surface area contributed by atoms with Crippen LogP contribution in [0.1, 0.15) is 51.5 Å². The zero-order valence-electron chi connectivity index (χ0n) is 13.2. The van der Waals surface area contributed by atoms with Gasteiger partial charge in [-0.3, -0.25) is 4.79 Å². The maximum Gasteiger partial charge on any atom is 0.223 e. The number of hydrogen-bond acceptors (Lipinski definition) is 2. The monoisotopic (exact) mass is 286 g/mol. The minimum Gasteiger partial charge on any atom is -0.382 e. The summed E-state index contributed by atoms with van der Waals surface area (Å²) in [5.41, 5.74) is 3.63. The average molecular weight is 286 g/mol. The molecule has 1 N–H and O–H groups in total. The van der Waals surface area contributed by atoms with Crippen LogP contribution in [0, 0.1) is 5.92 Å². The summed E-state index contributed by atoms with van der Waals surface area (Å²) < 4.78 is 0. The van der Waals surface area contributed by atoms with E-state index in [1.807, 2.05) is 4.90 Å². The maximum atomic E-state index is 11.6. The molecule has 2 aliphatic rings. The molecule has 1 fully saturated rings. The lowest BCUT2D eigenvalue weighted by Crippen LogP contribution is -2.31. The molecular weight excluding hydrogens is 260 g/mol. The second kappa shape index (κ2) is 6.08. The average Bonchev–Trinajstić information content (AvgIpc) is 2.91. The summed E-state index contributed by atoms with van der Waals surface area (Å²) in [6.45, 7) is 4.78. The molecule has 3 heteroatoms. The van der Waals surface area contributed by atoms with Crippen LogP contribution in [0.5, 0.6) is 0 Å². The third kappa shape index (κ3) is 2.92. The Labute approximate surface area is 127 Å². The van der Waals surface area contributed by atoms with E-state index in [1.165, 1.54) is 43.4 Å². The third-order valence-corrected chi connectivity index (χ3v) is 5.14. The van der Waals surface area contributed by atoms with E-state index in [0.717, 1.165) is 24.6 Å². The predicted octanol–water partition coefficient (Wildman–Crippen LogP) is 3.98. The molecule has 0 radical (unpaired) electrons. The van der Waals surface area contributed by atoms with E-state index >= 15 is 0 Å². The van der Waals surface area contributed by atoms with Gasteiger partial charge in [-0.15, -0.1) is 0 Å². The van der Waals surface area contributed by atoms with Crippen molar-refractivity contribution in [3.63, 3.8) is 0 Å². The molecule has 1 saturated carbocycles. The molecule has 1 aromatic carbocycles. The van der Waals surface area contributed by atoms with E-state index in [0.29, 0.717) is 6.04 Å². The Morgan fingerprint density at radius 2 is 2.14 bits per heavy atom. The first kappa shape index (κ1) is 14.4. The van der Waals surface area contributed by atoms with Crippen LogP contribution in [0.25, 0.3) is 0 Å². The third-order valence-electron chi connectivity index (χ3n) is 5.14. The molecule has 2 unspecified atom stereocenters. The van der Waals surface area contributed by atoms with Gasteiger partial charge in [-0.1, -0.05) is 26.2 Å². The van der Waals surface area contributed by atoms with Gasteiger partial charge < -0.3 is 10.2 Å². The van der Waals surface area contributed by atoms with Gasteiger partial charge in [0.1, 0.15) is 0 Å². The number of carbonyl (C=O) groups is 1. The highest BCUT2D eigenvalue weighted by Gasteiger charge is 2.25. The Morgan fingerprint density at radius 3 is 2.90 bits per heavy atom. The molecule has 1 heterocycles. The molecule has 1 aromatic rings. The first-order chi connectivity index (χ1) is 10.2. The highest BCUT2D eigenvalue weighted by molar-refractivity contribution is 5.94. The number of nitrogens with zero attached hydrogens (tertiary/aromatic N) is 1. The van der Waals surface area contributed by atoms with Crippen molar-refractivity contribution in [1.82, 2.24) is 0 Å². The topological polar surface area (TPSA) is 32.3 Å². The highest BCUT2D eigenvalue weighted by atomic mass is 16.2. The number of fused-ring (bicyclic) bond motifs is 1. The van der Waals surface area contributed by atoms with Gasteiger partial charge in [0.2, 0.25) is 5.91 Å². The lowest BCUT2D eigenvalue weighted by molar-refractivity contribution is -0.116. The van der Waals surface area contributed by atoms with Gasteiger partial charge in [-0.25, -0.2) is 0 Å². The number of rotatable bonds is 3. The molecule has 0 bridgehead atoms. The van der Waals surface area contributed by atoms with Crippen molar-refractivity contribution >= 4 is 17.3 Å². The zero-order chi connectivity index (χ0) is 14.8. The van der Waals surface area contributed by atoms with Crippen molar-refractivity contribution in [1.29, 1.82) is 0 Å². The van der Waals surface area contributed by atoms with Crippen LogP contribution in [0.2, 0.25) is 0 Å². The van der Waals surface area contributed by atoms with Crippen LogP contribution in [-0.2, 0) is 11.2 Å². The fraction of sp³-hybridized carbons (Fsp3) is 0.611. The summed E-state index contributed by atoms with van der Waals surface area (Å²) in [5, 5.41) is 3.75. The SMILES string of the molecule is CCC1CCCCC1Nc1ccc2c(c1)CCN2C(C)=O. The molecule has 1 amide bonds. The van der Waals surface area contributed by atoms with Crippen molar-refractivity contribution < 1.29 is 4.79 Å². The van der Waals surface area contributed by atoms with Gasteiger partial charge in [0.05, 0.1) is 0 Å². The summed E-state index contributed by atoms with van der Waals surface area (Å²) in [7, 11) is 0. The maximum absolute atomic E-state index is 11.6. The number of nitrogens with one attached hydrogen (secondary N) is 1. The molecular formula is C18H26N2O. The molecule has 1 aliphatic carbocycles. The first-order valence-electron chi connectivity index (χ1n) is 8.36. The molecule has 0 aromatic heterocycles. The van der Waals surface area contributed by atoms with Crippen molar-refractivity contribution in [3.05, 3.63) is 23.8 Å². The van der Waals surface area contributed by atoms with Crippen LogP contribution in [0.4, 0.5) is 11.4 Å². The van der Waals surface area contributed by atoms with Crippen molar-refractivity contribution in [2.24, 2.45) is 5.92 Å². The summed E-state index contributed by atoms with van der Waals surface area (Å²) in [6, 6.07) is 7.11. The van der Waals surface area contributed by atoms with Crippen LogP contribution in [0.3, 0.4) is 0 Å². The summed E-state index contributed by atoms with van der Waals surface area (Å²) >= 11 is 0. The lowest BCUT2D eigenvalue weighted by atomic mass is 9.83. The Bertz CT molecular complexity index is 526. The quantitative estimate of drug-likeness (QED) is 0.911. The minimum absolute atomic E-state index is 0.146. The van der Waals surface area contributed by atoms with E-state index in [1.54, 1.807) is 6.92 Å². The van der Waals surface area contributed by atoms with Gasteiger partial charge in [0.25, 0.3) is 0 Å². The van der Waals surface area contributed by atoms with Gasteiger partial charge in [-0.05, 0) is 48.9 Å². The molecule has 1 aliphatic heterocycles. The number of carbonyl (C=O) groups excluding carboxylic acids is 1. The molecule has 0 spiro atoms. The number of anilines is 2. The van der Waals surface area contributed by atoms with Crippen molar-refractivity contribution in [2.45, 2.75) is 58.4 Å². The van der Waals surface area contributed by atoms with Crippen LogP contribution < -0.4 is 10.2 Å². The normalized spacial score (nSPS) is 24.8. The van der Waals surface area contributed by atoms with Gasteiger partial charge >= 0.3 is 0 Å². The molecule has 114 valence electrons. The number of hydrogen-bond donors (Lipinski definition) is 1. The second-order valence-electron chi connectivity index (χ2n) is 6.47. The first-order valence-corrected chi connectivity index (χ1v) is 8.36. The summed E-state index contributed by atoms with van der Waals surface area (Å²) in [4.78, 5) is 13.5. The lowest BCUT2D eigenvalue weighted by Gasteiger charge is -2.32. The Morgan fingerprint density at radius 1 is 1.33 bits per heavy atom. The van der Waals surface area contributed by atoms with E-state index < -0.39 is 0 Å². The number of amides is 1. The Hall–Kier alpha value is -1.51. The van der Waals surface area contributed by atoms with E-state index in [4.69, 9.17) is 0 Å². The molecule has 21 heavy (non-hydrogen) atoms. The smallest absolute Gasteiger partial charge is 0.223 e. The Balaban J connectivity index is 1.74. The largest absolute Gasteiger partial charge is 0.382 e. The Kier molecular flexibility index (Phi) is 4.18. The van der Waals surface area contributed by atoms with E-state index in [9.17, 15) is 4.79 Å². The summed E-state index contributed by atoms with van der Waals surface area (Å²) in [5.74, 6) is 0.952. The van der Waals surface area contributed by atoms with Crippen LogP contribution in [-0.4, -0.2) is 18.5 Å². The summed E-state index contributed by atoms with van der Waals surface area (Å²) in [6.07, 6.45) is 7.62. The number of benzene rings is 1. The fourth-order valence-electron chi connectivity index (χ4n) is 3.92. The minimum atomic E-state index is 0.146. The fourth-order valence-corrected chi connectivity index (χ4v) is 3.92. The van der Waals surface area contributed by atoms with Gasteiger partial charge in [0, 0.05) is 30.9 Å². The molecule has 3 rings (SSSR count). The zero-order valence-corrected chi connectivity index (χ0v) is 13.2. The second-order valence-corrected chi connectivity index (χ2v) is 6.47. The molecule has 3 nitrogen and oxygen atoms in total. The van der Waals surface area contributed by atoms with Crippen molar-refractivity contribution in [3.8, 4) is 0 Å². The standard InChI is InChI=1S/C18H26N2O/c1-3-14-6-4-5-7-17(14)19-16-8-9-18-15(12-16)10-11-20(18)13(2)21/h8-9,12,14,17,19H,3-7,10-11H2,1-2H3. The van der Waals surface area contributed by atoms with Crippen LogP contribution in [0.15, 0.2) is 18.2 Å². The van der Waals surface area contributed by atoms with Crippen LogP contribution >= 0.6 is 0 Å². The van der Waals surface area contributed by atoms with Gasteiger partial charge in [-0.2, -0.15) is 0 Å². The van der Waals surface area contributed by atoms with Gasteiger partial charge in [0.15, 0.2) is 0 Å². The molecule has 0 saturated heterocycles. The molecule has 2 atom stereocenters. The predicted molar refractivity (Wildman–Crippen MR) is 87.8 cm³/mol.